The molecule has 0 aliphatic heterocycles. The zero-order valence-corrected chi connectivity index (χ0v) is 12.3. The first-order valence-electron chi connectivity index (χ1n) is 6.11. The summed E-state index contributed by atoms with van der Waals surface area (Å²) in [5, 5.41) is 14.4. The molecule has 0 radical (unpaired) electrons. The van der Waals surface area contributed by atoms with Crippen molar-refractivity contribution < 1.29 is 0 Å². The fourth-order valence-corrected chi connectivity index (χ4v) is 3.24. The third-order valence-electron chi connectivity index (χ3n) is 2.69. The van der Waals surface area contributed by atoms with Crippen LogP contribution in [0.2, 0.25) is 0 Å². The molecule has 0 aliphatic rings. The number of thiazole rings is 1. The maximum absolute atomic E-state index is 11.9. The number of nitrogens with one attached hydrogen (secondary N) is 2. The van der Waals surface area contributed by atoms with E-state index >= 15 is 0 Å². The molecule has 3 heterocycles. The largest absolute Gasteiger partial charge is 0.362 e. The van der Waals surface area contributed by atoms with Gasteiger partial charge in [-0.1, -0.05) is 6.07 Å². The third kappa shape index (κ3) is 2.50. The molecule has 5 nitrogen and oxygen atoms in total. The van der Waals surface area contributed by atoms with Gasteiger partial charge in [0.15, 0.2) is 5.13 Å². The lowest BCUT2D eigenvalue weighted by molar-refractivity contribution is 0.998. The molecular weight excluding hydrogens is 292 g/mol. The summed E-state index contributed by atoms with van der Waals surface area (Å²) in [6.45, 7) is 2.81. The Hall–Kier alpha value is -1.99. The van der Waals surface area contributed by atoms with Crippen LogP contribution in [-0.2, 0) is 0 Å². The first kappa shape index (κ1) is 13.0. The third-order valence-corrected chi connectivity index (χ3v) is 4.38. The number of anilines is 1. The van der Waals surface area contributed by atoms with Crippen LogP contribution in [0.4, 0.5) is 5.13 Å². The standard InChI is InChI=1S/C13H12N4OS2/c1-2-14-13-15-10(7-20-13)8-6-9(16-17-12(8)18)11-4-3-5-19-11/h3-7H,2H2,1H3,(H,14,15)(H,17,18). The van der Waals surface area contributed by atoms with Gasteiger partial charge in [0.05, 0.1) is 16.1 Å². The number of H-pyrrole nitrogens is 1. The number of thiophene rings is 1. The molecule has 3 aromatic heterocycles. The van der Waals surface area contributed by atoms with Crippen LogP contribution in [-0.4, -0.2) is 21.7 Å². The Morgan fingerprint density at radius 3 is 3.00 bits per heavy atom. The van der Waals surface area contributed by atoms with Gasteiger partial charge >= 0.3 is 0 Å². The van der Waals surface area contributed by atoms with E-state index in [0.717, 1.165) is 22.2 Å². The molecule has 0 fully saturated rings. The van der Waals surface area contributed by atoms with Gasteiger partial charge in [0, 0.05) is 11.9 Å². The van der Waals surface area contributed by atoms with Crippen LogP contribution in [0, 0.1) is 0 Å². The van der Waals surface area contributed by atoms with Gasteiger partial charge in [0.25, 0.3) is 5.56 Å². The van der Waals surface area contributed by atoms with Gasteiger partial charge in [-0.15, -0.1) is 22.7 Å². The molecule has 0 saturated carbocycles. The molecule has 0 atom stereocenters. The van der Waals surface area contributed by atoms with Gasteiger partial charge < -0.3 is 5.32 Å². The number of hydrogen-bond donors (Lipinski definition) is 2. The van der Waals surface area contributed by atoms with E-state index in [1.165, 1.54) is 11.3 Å². The van der Waals surface area contributed by atoms with E-state index in [2.05, 4.69) is 20.5 Å². The van der Waals surface area contributed by atoms with Crippen molar-refractivity contribution in [3.63, 3.8) is 0 Å². The van der Waals surface area contributed by atoms with Crippen LogP contribution < -0.4 is 10.9 Å². The van der Waals surface area contributed by atoms with Crippen molar-refractivity contribution in [3.8, 4) is 21.8 Å². The number of hydrogen-bond acceptors (Lipinski definition) is 6. The fourth-order valence-electron chi connectivity index (χ4n) is 1.78. The van der Waals surface area contributed by atoms with E-state index in [1.807, 2.05) is 29.8 Å². The van der Waals surface area contributed by atoms with Crippen molar-refractivity contribution >= 4 is 27.8 Å². The molecule has 2 N–H and O–H groups in total. The van der Waals surface area contributed by atoms with Crippen molar-refractivity contribution in [2.24, 2.45) is 0 Å². The van der Waals surface area contributed by atoms with Crippen molar-refractivity contribution in [2.75, 3.05) is 11.9 Å². The van der Waals surface area contributed by atoms with Gasteiger partial charge in [-0.25, -0.2) is 10.1 Å². The first-order chi connectivity index (χ1) is 9.78. The van der Waals surface area contributed by atoms with Crippen molar-refractivity contribution in [3.05, 3.63) is 39.3 Å². The first-order valence-corrected chi connectivity index (χ1v) is 7.87. The summed E-state index contributed by atoms with van der Waals surface area (Å²) in [6.07, 6.45) is 0. The lowest BCUT2D eigenvalue weighted by Gasteiger charge is -1.99. The second-order valence-electron chi connectivity index (χ2n) is 4.04. The summed E-state index contributed by atoms with van der Waals surface area (Å²) in [6, 6.07) is 5.72. The summed E-state index contributed by atoms with van der Waals surface area (Å²) < 4.78 is 0. The summed E-state index contributed by atoms with van der Waals surface area (Å²) in [7, 11) is 0. The maximum atomic E-state index is 11.9. The second-order valence-corrected chi connectivity index (χ2v) is 5.85. The Morgan fingerprint density at radius 2 is 2.25 bits per heavy atom. The summed E-state index contributed by atoms with van der Waals surface area (Å²) in [5.41, 5.74) is 1.75. The summed E-state index contributed by atoms with van der Waals surface area (Å²) in [5.74, 6) is 0. The minimum absolute atomic E-state index is 0.223. The Bertz CT molecular complexity index is 761. The van der Waals surface area contributed by atoms with Gasteiger partial charge in [0.1, 0.15) is 5.69 Å². The smallest absolute Gasteiger partial charge is 0.273 e. The van der Waals surface area contributed by atoms with Crippen molar-refractivity contribution in [1.29, 1.82) is 0 Å². The SMILES string of the molecule is CCNc1nc(-c2cc(-c3cccs3)n[nH]c2=O)cs1. The zero-order valence-electron chi connectivity index (χ0n) is 10.7. The Kier molecular flexibility index (Phi) is 3.62. The minimum Gasteiger partial charge on any atom is -0.362 e. The molecule has 3 aromatic rings. The molecule has 0 spiro atoms. The quantitative estimate of drug-likeness (QED) is 0.777. The predicted octanol–water partition coefficient (Wildman–Crippen LogP) is 3.05. The monoisotopic (exact) mass is 304 g/mol. The molecule has 0 aliphatic carbocycles. The van der Waals surface area contributed by atoms with E-state index in [0.29, 0.717) is 11.3 Å². The van der Waals surface area contributed by atoms with Crippen LogP contribution in [0.1, 0.15) is 6.92 Å². The molecule has 20 heavy (non-hydrogen) atoms. The molecule has 0 aromatic carbocycles. The lowest BCUT2D eigenvalue weighted by atomic mass is 10.2. The highest BCUT2D eigenvalue weighted by molar-refractivity contribution is 7.14. The van der Waals surface area contributed by atoms with Crippen LogP contribution in [0.3, 0.4) is 0 Å². The van der Waals surface area contributed by atoms with Gasteiger partial charge in [-0.05, 0) is 24.4 Å². The average Bonchev–Trinajstić information content (AvgIpc) is 3.11. The van der Waals surface area contributed by atoms with Crippen LogP contribution >= 0.6 is 22.7 Å². The molecule has 0 amide bonds. The molecular formula is C13H12N4OS2. The van der Waals surface area contributed by atoms with Crippen LogP contribution in [0.5, 0.6) is 0 Å². The Balaban J connectivity index is 2.03. The number of rotatable bonds is 4. The van der Waals surface area contributed by atoms with Crippen molar-refractivity contribution in [2.45, 2.75) is 6.92 Å². The zero-order chi connectivity index (χ0) is 13.9. The van der Waals surface area contributed by atoms with Gasteiger partial charge in [-0.2, -0.15) is 5.10 Å². The topological polar surface area (TPSA) is 70.7 Å². The van der Waals surface area contributed by atoms with E-state index in [4.69, 9.17) is 0 Å². The van der Waals surface area contributed by atoms with Gasteiger partial charge in [0.2, 0.25) is 0 Å². The van der Waals surface area contributed by atoms with E-state index in [-0.39, 0.29) is 5.56 Å². The predicted molar refractivity (Wildman–Crippen MR) is 83.4 cm³/mol. The lowest BCUT2D eigenvalue weighted by Crippen LogP contribution is -2.11. The molecule has 102 valence electrons. The molecule has 7 heteroatoms. The highest BCUT2D eigenvalue weighted by atomic mass is 32.1. The molecule has 0 saturated heterocycles. The maximum Gasteiger partial charge on any atom is 0.273 e. The summed E-state index contributed by atoms with van der Waals surface area (Å²) >= 11 is 3.07. The van der Waals surface area contributed by atoms with Crippen LogP contribution in [0.15, 0.2) is 33.8 Å². The van der Waals surface area contributed by atoms with E-state index in [1.54, 1.807) is 17.4 Å². The molecule has 0 bridgehead atoms. The highest BCUT2D eigenvalue weighted by Crippen LogP contribution is 2.26. The number of aromatic amines is 1. The van der Waals surface area contributed by atoms with E-state index in [9.17, 15) is 4.79 Å². The second kappa shape index (κ2) is 5.56. The Labute approximate surface area is 123 Å². The van der Waals surface area contributed by atoms with E-state index < -0.39 is 0 Å². The molecule has 0 unspecified atom stereocenters. The summed E-state index contributed by atoms with van der Waals surface area (Å²) in [4.78, 5) is 17.4. The number of nitrogens with zero attached hydrogens (tertiary/aromatic N) is 2. The Morgan fingerprint density at radius 1 is 1.35 bits per heavy atom. The van der Waals surface area contributed by atoms with Gasteiger partial charge in [-0.3, -0.25) is 4.79 Å². The normalized spacial score (nSPS) is 10.7. The highest BCUT2D eigenvalue weighted by Gasteiger charge is 2.11. The van der Waals surface area contributed by atoms with Crippen molar-refractivity contribution in [1.82, 2.24) is 15.2 Å². The van der Waals surface area contributed by atoms with Crippen LogP contribution in [0.25, 0.3) is 21.8 Å². The molecule has 3 rings (SSSR count). The minimum atomic E-state index is -0.223. The fraction of sp³-hybridized carbons (Fsp3) is 0.154. The average molecular weight is 304 g/mol. The number of aromatic nitrogens is 3.